The van der Waals surface area contributed by atoms with Crippen LogP contribution in [0.5, 0.6) is 5.75 Å². The average Bonchev–Trinajstić information content (AvgIpc) is 2.80. The van der Waals surface area contributed by atoms with Crippen LogP contribution in [0.4, 0.5) is 0 Å². The fourth-order valence-corrected chi connectivity index (χ4v) is 4.68. The van der Waals surface area contributed by atoms with Crippen LogP contribution in [0, 0.1) is 5.41 Å². The maximum atomic E-state index is 10.3. The quantitative estimate of drug-likeness (QED) is 0.568. The van der Waals surface area contributed by atoms with Gasteiger partial charge in [-0.15, -0.1) is 0 Å². The Morgan fingerprint density at radius 1 is 1.15 bits per heavy atom. The monoisotopic (exact) mass is 476 g/mol. The number of aliphatic hydroxyl groups excluding tert-OH is 2. The molecule has 0 aromatic heterocycles. The summed E-state index contributed by atoms with van der Waals surface area (Å²) < 4.78 is 23.2. The van der Waals surface area contributed by atoms with Crippen molar-refractivity contribution in [1.82, 2.24) is 0 Å². The Morgan fingerprint density at radius 2 is 1.91 bits per heavy atom. The van der Waals surface area contributed by atoms with Crippen molar-refractivity contribution in [1.29, 1.82) is 0 Å². The number of aliphatic hydroxyl groups is 2. The normalized spacial score (nSPS) is 26.6. The molecule has 2 aliphatic rings. The molecule has 33 heavy (non-hydrogen) atoms. The molecule has 0 aliphatic carbocycles. The van der Waals surface area contributed by atoms with Crippen molar-refractivity contribution in [3.05, 3.63) is 64.2 Å². The van der Waals surface area contributed by atoms with Gasteiger partial charge in [-0.1, -0.05) is 36.7 Å². The molecule has 0 amide bonds. The summed E-state index contributed by atoms with van der Waals surface area (Å²) >= 11 is 6.52. The summed E-state index contributed by atoms with van der Waals surface area (Å²) in [5.41, 5.74) is 2.95. The van der Waals surface area contributed by atoms with Crippen LogP contribution in [0.25, 0.3) is 0 Å². The minimum absolute atomic E-state index is 0.147. The SMILES string of the molecule is CCC1(COc2ccc(Cc3cc(C4(OC)CC(O)CC(CO)O4)ccc3Cl)cc2)COC1. The van der Waals surface area contributed by atoms with E-state index >= 15 is 0 Å². The molecule has 180 valence electrons. The molecule has 6 nitrogen and oxygen atoms in total. The number of methoxy groups -OCH3 is 1. The lowest BCUT2D eigenvalue weighted by Crippen LogP contribution is -2.46. The number of ether oxygens (including phenoxy) is 4. The third kappa shape index (κ3) is 5.37. The van der Waals surface area contributed by atoms with Crippen molar-refractivity contribution >= 4 is 11.6 Å². The number of halogens is 1. The van der Waals surface area contributed by atoms with Crippen molar-refractivity contribution in [2.45, 2.75) is 50.6 Å². The lowest BCUT2D eigenvalue weighted by molar-refractivity contribution is -0.298. The zero-order valence-electron chi connectivity index (χ0n) is 19.3. The van der Waals surface area contributed by atoms with E-state index in [1.807, 2.05) is 42.5 Å². The molecule has 2 N–H and O–H groups in total. The minimum atomic E-state index is -1.12. The van der Waals surface area contributed by atoms with Crippen LogP contribution in [0.2, 0.25) is 5.02 Å². The maximum absolute atomic E-state index is 10.3. The first-order valence-electron chi connectivity index (χ1n) is 11.5. The van der Waals surface area contributed by atoms with Gasteiger partial charge in [0.1, 0.15) is 5.75 Å². The summed E-state index contributed by atoms with van der Waals surface area (Å²) in [5, 5.41) is 20.6. The van der Waals surface area contributed by atoms with Crippen molar-refractivity contribution in [3.63, 3.8) is 0 Å². The molecule has 2 heterocycles. The molecule has 4 rings (SSSR count). The summed E-state index contributed by atoms with van der Waals surface area (Å²) in [6.45, 7) is 4.18. The molecule has 3 unspecified atom stereocenters. The van der Waals surface area contributed by atoms with E-state index in [9.17, 15) is 10.2 Å². The molecule has 0 spiro atoms. The Bertz CT molecular complexity index is 923. The molecule has 2 aromatic rings. The highest BCUT2D eigenvalue weighted by atomic mass is 35.5. The van der Waals surface area contributed by atoms with Gasteiger partial charge in [-0.05, 0) is 48.2 Å². The zero-order valence-corrected chi connectivity index (χ0v) is 20.0. The van der Waals surface area contributed by atoms with E-state index in [2.05, 4.69) is 6.92 Å². The highest BCUT2D eigenvalue weighted by Gasteiger charge is 2.43. The Kier molecular flexibility index (Phi) is 7.63. The second-order valence-corrected chi connectivity index (χ2v) is 9.64. The highest BCUT2D eigenvalue weighted by molar-refractivity contribution is 6.31. The van der Waals surface area contributed by atoms with Gasteiger partial charge in [0, 0.05) is 30.5 Å². The number of hydrogen-bond donors (Lipinski definition) is 2. The van der Waals surface area contributed by atoms with E-state index in [0.29, 0.717) is 24.5 Å². The maximum Gasteiger partial charge on any atom is 0.197 e. The Labute approximate surface area is 200 Å². The molecule has 0 bridgehead atoms. The van der Waals surface area contributed by atoms with Crippen LogP contribution in [-0.2, 0) is 26.4 Å². The fourth-order valence-electron chi connectivity index (χ4n) is 4.50. The molecule has 2 fully saturated rings. The van der Waals surface area contributed by atoms with Crippen LogP contribution in [-0.4, -0.2) is 56.0 Å². The summed E-state index contributed by atoms with van der Waals surface area (Å²) in [6.07, 6.45) is 1.23. The smallest absolute Gasteiger partial charge is 0.197 e. The number of hydrogen-bond acceptors (Lipinski definition) is 6. The van der Waals surface area contributed by atoms with Gasteiger partial charge < -0.3 is 29.2 Å². The van der Waals surface area contributed by atoms with Crippen molar-refractivity contribution in [2.24, 2.45) is 5.41 Å². The summed E-state index contributed by atoms with van der Waals surface area (Å²) in [6, 6.07) is 13.7. The molecule has 2 aliphatic heterocycles. The van der Waals surface area contributed by atoms with E-state index in [4.69, 9.17) is 30.5 Å². The van der Waals surface area contributed by atoms with Gasteiger partial charge >= 0.3 is 0 Å². The molecule has 3 atom stereocenters. The topological polar surface area (TPSA) is 77.4 Å². The van der Waals surface area contributed by atoms with Gasteiger partial charge in [-0.25, -0.2) is 0 Å². The molecule has 2 aromatic carbocycles. The minimum Gasteiger partial charge on any atom is -0.493 e. The first-order valence-corrected chi connectivity index (χ1v) is 11.9. The number of benzene rings is 2. The second kappa shape index (κ2) is 10.3. The van der Waals surface area contributed by atoms with Crippen LogP contribution < -0.4 is 4.74 Å². The highest BCUT2D eigenvalue weighted by Crippen LogP contribution is 2.40. The summed E-state index contributed by atoms with van der Waals surface area (Å²) in [4.78, 5) is 0. The van der Waals surface area contributed by atoms with Crippen LogP contribution in [0.15, 0.2) is 42.5 Å². The fraction of sp³-hybridized carbons (Fsp3) is 0.538. The number of rotatable bonds is 9. The molecule has 0 radical (unpaired) electrons. The largest absolute Gasteiger partial charge is 0.493 e. The third-order valence-electron chi connectivity index (χ3n) is 6.84. The van der Waals surface area contributed by atoms with Gasteiger partial charge in [-0.2, -0.15) is 0 Å². The van der Waals surface area contributed by atoms with Crippen molar-refractivity contribution in [2.75, 3.05) is 33.5 Å². The predicted molar refractivity (Wildman–Crippen MR) is 126 cm³/mol. The van der Waals surface area contributed by atoms with E-state index < -0.39 is 18.0 Å². The Balaban J connectivity index is 1.48. The van der Waals surface area contributed by atoms with E-state index in [0.717, 1.165) is 42.1 Å². The lowest BCUT2D eigenvalue weighted by Gasteiger charge is -2.42. The average molecular weight is 477 g/mol. The third-order valence-corrected chi connectivity index (χ3v) is 7.21. The molecular formula is C26H33ClO6. The van der Waals surface area contributed by atoms with Gasteiger partial charge in [0.15, 0.2) is 5.79 Å². The van der Waals surface area contributed by atoms with Crippen LogP contribution >= 0.6 is 11.6 Å². The molecule has 7 heteroatoms. The van der Waals surface area contributed by atoms with E-state index in [-0.39, 0.29) is 18.4 Å². The standard InChI is InChI=1S/C26H33ClO6/c1-3-25(15-31-16-25)17-32-22-7-4-18(5-8-22)10-19-11-20(6-9-24(19)27)26(30-2)13-21(29)12-23(14-28)33-26/h4-9,11,21,23,28-29H,3,10,12-17H2,1-2H3. The summed E-state index contributed by atoms with van der Waals surface area (Å²) in [7, 11) is 1.55. The summed E-state index contributed by atoms with van der Waals surface area (Å²) in [5.74, 6) is -0.279. The van der Waals surface area contributed by atoms with E-state index in [1.165, 1.54) is 0 Å². The molecular weight excluding hydrogens is 444 g/mol. The van der Waals surface area contributed by atoms with Gasteiger partial charge in [-0.3, -0.25) is 0 Å². The Hall–Kier alpha value is -1.67. The Morgan fingerprint density at radius 3 is 2.52 bits per heavy atom. The van der Waals surface area contributed by atoms with Crippen molar-refractivity contribution < 1.29 is 29.2 Å². The second-order valence-electron chi connectivity index (χ2n) is 9.24. The first kappa shape index (κ1) is 24.5. The van der Waals surface area contributed by atoms with Gasteiger partial charge in [0.25, 0.3) is 0 Å². The first-order chi connectivity index (χ1) is 15.9. The molecule has 0 saturated carbocycles. The van der Waals surface area contributed by atoms with Crippen LogP contribution in [0.3, 0.4) is 0 Å². The van der Waals surface area contributed by atoms with Gasteiger partial charge in [0.05, 0.1) is 44.1 Å². The predicted octanol–water partition coefficient (Wildman–Crippen LogP) is 4.07. The zero-order chi connectivity index (χ0) is 23.5. The molecule has 2 saturated heterocycles. The van der Waals surface area contributed by atoms with Crippen LogP contribution in [0.1, 0.15) is 42.9 Å². The van der Waals surface area contributed by atoms with Crippen molar-refractivity contribution in [3.8, 4) is 5.75 Å². The van der Waals surface area contributed by atoms with Gasteiger partial charge in [0.2, 0.25) is 0 Å². The lowest BCUT2D eigenvalue weighted by atomic mass is 9.84. The van der Waals surface area contributed by atoms with E-state index in [1.54, 1.807) is 7.11 Å².